The van der Waals surface area contributed by atoms with Gasteiger partial charge in [0.15, 0.2) is 0 Å². The molecular formula is C12H18. The van der Waals surface area contributed by atoms with Crippen molar-refractivity contribution in [2.75, 3.05) is 0 Å². The van der Waals surface area contributed by atoms with Crippen LogP contribution in [0.2, 0.25) is 0 Å². The summed E-state index contributed by atoms with van der Waals surface area (Å²) in [5.74, 6) is 0. The predicted octanol–water partition coefficient (Wildman–Crippen LogP) is 4.03. The van der Waals surface area contributed by atoms with Gasteiger partial charge in [-0.1, -0.05) is 48.1 Å². The van der Waals surface area contributed by atoms with E-state index in [2.05, 4.69) is 39.2 Å². The molecule has 1 aliphatic carbocycles. The molecule has 0 amide bonds. The Morgan fingerprint density at radius 3 is 2.08 bits per heavy atom. The molecule has 66 valence electrons. The highest BCUT2D eigenvalue weighted by atomic mass is 14.0. The molecule has 0 saturated heterocycles. The smallest absolute Gasteiger partial charge is 0.0133 e. The summed E-state index contributed by atoms with van der Waals surface area (Å²) in [5, 5.41) is 0. The Labute approximate surface area is 76.0 Å². The largest absolute Gasteiger partial charge is 0.0988 e. The first-order valence-corrected chi connectivity index (χ1v) is 4.18. The van der Waals surface area contributed by atoms with Crippen LogP contribution in [0.1, 0.15) is 27.2 Å². The average Bonchev–Trinajstić information content (AvgIpc) is 2.37. The molecule has 0 nitrogen and oxygen atoms in total. The monoisotopic (exact) mass is 162 g/mol. The maximum Gasteiger partial charge on any atom is -0.0133 e. The highest BCUT2D eigenvalue weighted by Crippen LogP contribution is 2.16. The van der Waals surface area contributed by atoms with Crippen LogP contribution in [0.3, 0.4) is 0 Å². The Kier molecular flexibility index (Phi) is 5.11. The summed E-state index contributed by atoms with van der Waals surface area (Å²) >= 11 is 0. The van der Waals surface area contributed by atoms with Crippen LogP contribution >= 0.6 is 0 Å². The lowest BCUT2D eigenvalue weighted by atomic mass is 10.2. The van der Waals surface area contributed by atoms with E-state index in [4.69, 9.17) is 0 Å². The fourth-order valence-electron chi connectivity index (χ4n) is 0.716. The fraction of sp³-hybridized carbons (Fsp3) is 0.333. The van der Waals surface area contributed by atoms with Gasteiger partial charge in [0.1, 0.15) is 0 Å². The third-order valence-electron chi connectivity index (χ3n) is 1.81. The topological polar surface area (TPSA) is 0 Å². The zero-order valence-electron chi connectivity index (χ0n) is 8.35. The molecule has 0 aromatic carbocycles. The Hall–Kier alpha value is -1.04. The first-order valence-electron chi connectivity index (χ1n) is 4.18. The van der Waals surface area contributed by atoms with Gasteiger partial charge in [-0.05, 0) is 27.2 Å². The van der Waals surface area contributed by atoms with E-state index in [0.29, 0.717) is 0 Å². The standard InChI is InChI=1S/C7H10.C5H8/c1-6-4-3-5-7(6)2;1-4-5(2)3/h3-4H,5H2,1-2H3;4H,1-2H2,3H3. The van der Waals surface area contributed by atoms with E-state index < -0.39 is 0 Å². The molecule has 0 aromatic rings. The zero-order valence-corrected chi connectivity index (χ0v) is 8.35. The van der Waals surface area contributed by atoms with Crippen molar-refractivity contribution in [3.05, 3.63) is 48.1 Å². The Bertz CT molecular complexity index is 226. The zero-order chi connectivity index (χ0) is 9.56. The first kappa shape index (κ1) is 11.0. The van der Waals surface area contributed by atoms with E-state index >= 15 is 0 Å². The van der Waals surface area contributed by atoms with Crippen molar-refractivity contribution in [2.24, 2.45) is 0 Å². The van der Waals surface area contributed by atoms with Gasteiger partial charge in [0, 0.05) is 0 Å². The third kappa shape index (κ3) is 4.73. The van der Waals surface area contributed by atoms with Gasteiger partial charge in [-0.3, -0.25) is 0 Å². The average molecular weight is 162 g/mol. The normalized spacial score (nSPS) is 13.9. The molecule has 0 fully saturated rings. The molecule has 0 bridgehead atoms. The third-order valence-corrected chi connectivity index (χ3v) is 1.81. The van der Waals surface area contributed by atoms with E-state index in [0.717, 1.165) is 5.57 Å². The van der Waals surface area contributed by atoms with E-state index in [1.165, 1.54) is 17.6 Å². The number of allylic oxidation sites excluding steroid dienone is 6. The van der Waals surface area contributed by atoms with Crippen molar-refractivity contribution in [3.8, 4) is 0 Å². The lowest BCUT2D eigenvalue weighted by Crippen LogP contribution is -1.67. The molecule has 0 aliphatic heterocycles. The van der Waals surface area contributed by atoms with Gasteiger partial charge in [0.2, 0.25) is 0 Å². The van der Waals surface area contributed by atoms with E-state index in [1.807, 2.05) is 6.92 Å². The molecule has 0 aromatic heterocycles. The van der Waals surface area contributed by atoms with Crippen LogP contribution < -0.4 is 0 Å². The molecule has 0 spiro atoms. The van der Waals surface area contributed by atoms with Crippen LogP contribution in [0.25, 0.3) is 0 Å². The Morgan fingerprint density at radius 2 is 2.00 bits per heavy atom. The van der Waals surface area contributed by atoms with Gasteiger partial charge in [-0.15, -0.1) is 0 Å². The minimum atomic E-state index is 1.02. The van der Waals surface area contributed by atoms with E-state index in [9.17, 15) is 0 Å². The van der Waals surface area contributed by atoms with Crippen molar-refractivity contribution in [1.29, 1.82) is 0 Å². The second-order valence-electron chi connectivity index (χ2n) is 3.12. The van der Waals surface area contributed by atoms with Gasteiger partial charge >= 0.3 is 0 Å². The summed E-state index contributed by atoms with van der Waals surface area (Å²) in [6, 6.07) is 0. The molecule has 1 aliphatic rings. The molecular weight excluding hydrogens is 144 g/mol. The highest BCUT2D eigenvalue weighted by molar-refractivity contribution is 5.30. The van der Waals surface area contributed by atoms with Crippen LogP contribution in [0.4, 0.5) is 0 Å². The quantitative estimate of drug-likeness (QED) is 0.511. The van der Waals surface area contributed by atoms with Crippen molar-refractivity contribution in [3.63, 3.8) is 0 Å². The van der Waals surface area contributed by atoms with E-state index in [-0.39, 0.29) is 0 Å². The van der Waals surface area contributed by atoms with Crippen LogP contribution in [0.5, 0.6) is 0 Å². The lowest BCUT2D eigenvalue weighted by Gasteiger charge is -1.87. The maximum atomic E-state index is 3.56. The number of hydrogen-bond acceptors (Lipinski definition) is 0. The molecule has 0 heterocycles. The van der Waals surface area contributed by atoms with Gasteiger partial charge in [-0.2, -0.15) is 0 Å². The minimum Gasteiger partial charge on any atom is -0.0988 e. The van der Waals surface area contributed by atoms with Crippen LogP contribution in [0.15, 0.2) is 48.1 Å². The van der Waals surface area contributed by atoms with Gasteiger partial charge in [0.25, 0.3) is 0 Å². The summed E-state index contributed by atoms with van der Waals surface area (Å²) in [6.07, 6.45) is 7.27. The second-order valence-corrected chi connectivity index (χ2v) is 3.12. The molecule has 0 radical (unpaired) electrons. The van der Waals surface area contributed by atoms with Crippen molar-refractivity contribution < 1.29 is 0 Å². The lowest BCUT2D eigenvalue weighted by molar-refractivity contribution is 1.22. The van der Waals surface area contributed by atoms with Gasteiger partial charge in [0.05, 0.1) is 0 Å². The Balaban J connectivity index is 0.000000217. The predicted molar refractivity (Wildman–Crippen MR) is 57.1 cm³/mol. The molecule has 1 rings (SSSR count). The summed E-state index contributed by atoms with van der Waals surface area (Å²) in [7, 11) is 0. The molecule has 0 heteroatoms. The van der Waals surface area contributed by atoms with Crippen LogP contribution in [0, 0.1) is 0 Å². The molecule has 0 atom stereocenters. The summed E-state index contributed by atoms with van der Waals surface area (Å²) in [6.45, 7) is 13.3. The number of rotatable bonds is 1. The second kappa shape index (κ2) is 5.59. The van der Waals surface area contributed by atoms with E-state index in [1.54, 1.807) is 6.08 Å². The van der Waals surface area contributed by atoms with Crippen LogP contribution in [-0.4, -0.2) is 0 Å². The van der Waals surface area contributed by atoms with Gasteiger partial charge in [-0.25, -0.2) is 0 Å². The molecule has 0 unspecified atom stereocenters. The van der Waals surface area contributed by atoms with Crippen LogP contribution in [-0.2, 0) is 0 Å². The Morgan fingerprint density at radius 1 is 1.50 bits per heavy atom. The SMILES string of the molecule is C=CC(=C)C.CC1=C(C)CC=C1. The molecule has 0 saturated carbocycles. The van der Waals surface area contributed by atoms with Crippen molar-refractivity contribution in [1.82, 2.24) is 0 Å². The highest BCUT2D eigenvalue weighted by Gasteiger charge is 1.95. The summed E-state index contributed by atoms with van der Waals surface area (Å²) in [4.78, 5) is 0. The molecule has 0 N–H and O–H groups in total. The van der Waals surface area contributed by atoms with Crippen molar-refractivity contribution in [2.45, 2.75) is 27.2 Å². The van der Waals surface area contributed by atoms with Gasteiger partial charge < -0.3 is 0 Å². The molecule has 12 heavy (non-hydrogen) atoms. The fourth-order valence-corrected chi connectivity index (χ4v) is 0.716. The minimum absolute atomic E-state index is 1.02. The first-order chi connectivity index (χ1) is 5.57. The summed E-state index contributed by atoms with van der Waals surface area (Å²) < 4.78 is 0. The summed E-state index contributed by atoms with van der Waals surface area (Å²) in [5.41, 5.74) is 3.98. The maximum absolute atomic E-state index is 3.56. The number of hydrogen-bond donors (Lipinski definition) is 0. The van der Waals surface area contributed by atoms with Crippen molar-refractivity contribution >= 4 is 0 Å².